The zero-order valence-electron chi connectivity index (χ0n) is 16.9. The first kappa shape index (κ1) is 21.3. The number of nitrogens with one attached hydrogen (secondary N) is 2. The van der Waals surface area contributed by atoms with Crippen LogP contribution in [0.5, 0.6) is 5.75 Å². The van der Waals surface area contributed by atoms with Crippen LogP contribution >= 0.6 is 0 Å². The number of rotatable bonds is 10. The van der Waals surface area contributed by atoms with E-state index in [1.165, 1.54) is 5.69 Å². The van der Waals surface area contributed by atoms with Crippen molar-refractivity contribution in [3.63, 3.8) is 0 Å². The van der Waals surface area contributed by atoms with Crippen LogP contribution in [-0.4, -0.2) is 31.9 Å². The summed E-state index contributed by atoms with van der Waals surface area (Å²) in [4.78, 5) is 14.2. The van der Waals surface area contributed by atoms with Gasteiger partial charge in [-0.15, -0.1) is 0 Å². The lowest BCUT2D eigenvalue weighted by Gasteiger charge is -2.20. The van der Waals surface area contributed by atoms with E-state index in [0.29, 0.717) is 12.3 Å². The quantitative estimate of drug-likeness (QED) is 0.350. The van der Waals surface area contributed by atoms with E-state index in [2.05, 4.69) is 53.6 Å². The van der Waals surface area contributed by atoms with E-state index in [-0.39, 0.29) is 0 Å². The summed E-state index contributed by atoms with van der Waals surface area (Å²) in [5, 5.41) is 6.73. The average Bonchev–Trinajstić information content (AvgIpc) is 2.71. The summed E-state index contributed by atoms with van der Waals surface area (Å²) in [5.41, 5.74) is 5.25. The Morgan fingerprint density at radius 2 is 1.71 bits per heavy atom. The van der Waals surface area contributed by atoms with Crippen molar-refractivity contribution in [2.75, 3.05) is 29.9 Å². The van der Waals surface area contributed by atoms with Gasteiger partial charge in [0, 0.05) is 24.5 Å². The van der Waals surface area contributed by atoms with E-state index in [1.54, 1.807) is 18.3 Å². The second-order valence-electron chi connectivity index (χ2n) is 6.31. The number of hydrazone groups is 1. The first-order valence-electron chi connectivity index (χ1n) is 9.84. The molecule has 2 amide bonds. The first-order valence-corrected chi connectivity index (χ1v) is 9.84. The number of hydrogen-bond donors (Lipinski definition) is 2. The maximum Gasteiger partial charge on any atom is 0.339 e. The standard InChI is InChI=1S/C22H30N4O2/c1-4-7-16-28-21-14-10-19(11-15-21)24-22(27)25-23-17-18-8-12-20(13-9-18)26(5-2)6-3/h8-15,17H,4-7,16H2,1-3H3,(H2,24,25,27)/b23-17+. The van der Waals surface area contributed by atoms with Crippen LogP contribution < -0.4 is 20.4 Å². The molecule has 0 spiro atoms. The lowest BCUT2D eigenvalue weighted by Crippen LogP contribution is -2.24. The zero-order chi connectivity index (χ0) is 20.2. The number of carbonyl (C=O) groups is 1. The average molecular weight is 383 g/mol. The van der Waals surface area contributed by atoms with E-state index in [4.69, 9.17) is 4.74 Å². The summed E-state index contributed by atoms with van der Waals surface area (Å²) in [5.74, 6) is 0.797. The fourth-order valence-corrected chi connectivity index (χ4v) is 2.65. The summed E-state index contributed by atoms with van der Waals surface area (Å²) in [6, 6.07) is 15.0. The Balaban J connectivity index is 1.80. The minimum absolute atomic E-state index is 0.393. The molecule has 2 aromatic rings. The smallest absolute Gasteiger partial charge is 0.339 e. The van der Waals surface area contributed by atoms with Gasteiger partial charge in [0.15, 0.2) is 0 Å². The monoisotopic (exact) mass is 382 g/mol. The maximum atomic E-state index is 11.9. The molecule has 150 valence electrons. The largest absolute Gasteiger partial charge is 0.494 e. The van der Waals surface area contributed by atoms with Crippen molar-refractivity contribution in [3.8, 4) is 5.75 Å². The van der Waals surface area contributed by atoms with Crippen LogP contribution in [0.3, 0.4) is 0 Å². The summed E-state index contributed by atoms with van der Waals surface area (Å²) in [6.45, 7) is 9.03. The van der Waals surface area contributed by atoms with Crippen LogP contribution in [0.1, 0.15) is 39.2 Å². The third-order valence-corrected chi connectivity index (χ3v) is 4.28. The number of nitrogens with zero attached hydrogens (tertiary/aromatic N) is 2. The Labute approximate surface area is 167 Å². The van der Waals surface area contributed by atoms with E-state index in [9.17, 15) is 4.79 Å². The van der Waals surface area contributed by atoms with E-state index in [0.717, 1.165) is 37.2 Å². The maximum absolute atomic E-state index is 11.9. The van der Waals surface area contributed by atoms with Crippen LogP contribution in [0.4, 0.5) is 16.2 Å². The number of ether oxygens (including phenoxy) is 1. The summed E-state index contributed by atoms with van der Waals surface area (Å²) in [6.07, 6.45) is 3.75. The molecule has 28 heavy (non-hydrogen) atoms. The minimum Gasteiger partial charge on any atom is -0.494 e. The molecule has 0 unspecified atom stereocenters. The SMILES string of the molecule is CCCCOc1ccc(NC(=O)N/N=C/c2ccc(N(CC)CC)cc2)cc1. The van der Waals surface area contributed by atoms with Crippen molar-refractivity contribution in [1.82, 2.24) is 5.43 Å². The molecule has 0 atom stereocenters. The van der Waals surface area contributed by atoms with Gasteiger partial charge in [-0.2, -0.15) is 5.10 Å². The summed E-state index contributed by atoms with van der Waals surface area (Å²) in [7, 11) is 0. The van der Waals surface area contributed by atoms with Gasteiger partial charge in [0.25, 0.3) is 0 Å². The molecule has 2 N–H and O–H groups in total. The molecule has 2 rings (SSSR count). The third kappa shape index (κ3) is 6.95. The van der Waals surface area contributed by atoms with Crippen molar-refractivity contribution in [3.05, 3.63) is 54.1 Å². The number of carbonyl (C=O) groups excluding carboxylic acids is 1. The Hall–Kier alpha value is -3.02. The number of unbranched alkanes of at least 4 members (excludes halogenated alkanes) is 1. The van der Waals surface area contributed by atoms with Gasteiger partial charge in [-0.1, -0.05) is 25.5 Å². The van der Waals surface area contributed by atoms with E-state index < -0.39 is 6.03 Å². The molecule has 0 radical (unpaired) electrons. The lowest BCUT2D eigenvalue weighted by atomic mass is 10.2. The molecule has 0 aliphatic carbocycles. The van der Waals surface area contributed by atoms with Gasteiger partial charge < -0.3 is 15.0 Å². The molecule has 0 fully saturated rings. The number of anilines is 2. The first-order chi connectivity index (χ1) is 13.7. The Kier molecular flexibility index (Phi) is 8.85. The highest BCUT2D eigenvalue weighted by atomic mass is 16.5. The molecule has 6 nitrogen and oxygen atoms in total. The second-order valence-corrected chi connectivity index (χ2v) is 6.31. The van der Waals surface area contributed by atoms with Crippen molar-refractivity contribution in [2.24, 2.45) is 5.10 Å². The molecule has 0 saturated heterocycles. The molecule has 2 aromatic carbocycles. The Morgan fingerprint density at radius 3 is 2.32 bits per heavy atom. The normalized spacial score (nSPS) is 10.7. The highest BCUT2D eigenvalue weighted by molar-refractivity contribution is 5.90. The van der Waals surface area contributed by atoms with Gasteiger partial charge in [-0.05, 0) is 62.2 Å². The number of hydrogen-bond acceptors (Lipinski definition) is 4. The molecule has 0 aromatic heterocycles. The van der Waals surface area contributed by atoms with Crippen LogP contribution in [-0.2, 0) is 0 Å². The fraction of sp³-hybridized carbons (Fsp3) is 0.364. The van der Waals surface area contributed by atoms with Crippen molar-refractivity contribution >= 4 is 23.6 Å². The van der Waals surface area contributed by atoms with Gasteiger partial charge in [0.2, 0.25) is 0 Å². The Morgan fingerprint density at radius 1 is 1.04 bits per heavy atom. The summed E-state index contributed by atoms with van der Waals surface area (Å²) >= 11 is 0. The predicted molar refractivity (Wildman–Crippen MR) is 117 cm³/mol. The highest BCUT2D eigenvalue weighted by Gasteiger charge is 2.02. The van der Waals surface area contributed by atoms with Crippen molar-refractivity contribution < 1.29 is 9.53 Å². The predicted octanol–water partition coefficient (Wildman–Crippen LogP) is 4.87. The molecular weight excluding hydrogens is 352 g/mol. The highest BCUT2D eigenvalue weighted by Crippen LogP contribution is 2.16. The van der Waals surface area contributed by atoms with Crippen LogP contribution in [0.15, 0.2) is 53.6 Å². The van der Waals surface area contributed by atoms with Crippen LogP contribution in [0.25, 0.3) is 0 Å². The van der Waals surface area contributed by atoms with Gasteiger partial charge >= 0.3 is 6.03 Å². The van der Waals surface area contributed by atoms with Crippen LogP contribution in [0.2, 0.25) is 0 Å². The number of benzene rings is 2. The van der Waals surface area contributed by atoms with Crippen molar-refractivity contribution in [1.29, 1.82) is 0 Å². The van der Waals surface area contributed by atoms with E-state index >= 15 is 0 Å². The molecule has 0 bridgehead atoms. The minimum atomic E-state index is -0.393. The zero-order valence-corrected chi connectivity index (χ0v) is 16.9. The van der Waals surface area contributed by atoms with Crippen molar-refractivity contribution in [2.45, 2.75) is 33.6 Å². The molecule has 6 heteroatoms. The second kappa shape index (κ2) is 11.6. The van der Waals surface area contributed by atoms with Crippen LogP contribution in [0, 0.1) is 0 Å². The summed E-state index contributed by atoms with van der Waals surface area (Å²) < 4.78 is 5.60. The molecule has 0 aliphatic heterocycles. The van der Waals surface area contributed by atoms with Gasteiger partial charge in [-0.25, -0.2) is 10.2 Å². The topological polar surface area (TPSA) is 66.0 Å². The molecule has 0 aliphatic rings. The van der Waals surface area contributed by atoms with Gasteiger partial charge in [-0.3, -0.25) is 0 Å². The lowest BCUT2D eigenvalue weighted by molar-refractivity contribution is 0.252. The molecule has 0 heterocycles. The third-order valence-electron chi connectivity index (χ3n) is 4.28. The van der Waals surface area contributed by atoms with Gasteiger partial charge in [0.05, 0.1) is 12.8 Å². The number of urea groups is 1. The fourth-order valence-electron chi connectivity index (χ4n) is 2.65. The molecule has 0 saturated carbocycles. The molecular formula is C22H30N4O2. The van der Waals surface area contributed by atoms with Gasteiger partial charge in [0.1, 0.15) is 5.75 Å². The number of amides is 2. The van der Waals surface area contributed by atoms with E-state index in [1.807, 2.05) is 24.3 Å². The Bertz CT molecular complexity index is 738.